The van der Waals surface area contributed by atoms with Crippen molar-refractivity contribution in [3.05, 3.63) is 69.9 Å². The number of benzene rings is 2. The first-order valence-electron chi connectivity index (χ1n) is 10.1. The molecule has 168 valence electrons. The average Bonchev–Trinajstić information content (AvgIpc) is 2.71. The summed E-state index contributed by atoms with van der Waals surface area (Å²) in [6.07, 6.45) is 2.07. The van der Waals surface area contributed by atoms with E-state index in [4.69, 9.17) is 4.74 Å². The number of carbonyl (C=O) groups is 1. The fourth-order valence-corrected chi connectivity index (χ4v) is 4.81. The molecule has 1 N–H and O–H groups in total. The van der Waals surface area contributed by atoms with E-state index in [1.165, 1.54) is 12.1 Å². The number of hydrogen-bond donors (Lipinski definition) is 1. The summed E-state index contributed by atoms with van der Waals surface area (Å²) in [5.41, 5.74) is 0.756. The molecule has 2 aromatic rings. The monoisotopic (exact) mass is 512 g/mol. The Hall–Kier alpha value is -1.97. The molecule has 2 aromatic carbocycles. The zero-order valence-electron chi connectivity index (χ0n) is 17.5. The molecule has 1 saturated heterocycles. The molecule has 6 nitrogen and oxygen atoms in total. The molecule has 1 amide bonds. The highest BCUT2D eigenvalue weighted by molar-refractivity contribution is 9.10. The largest absolute Gasteiger partial charge is 0.438 e. The van der Waals surface area contributed by atoms with Crippen LogP contribution in [0.2, 0.25) is 0 Å². The number of sulfonamides is 1. The number of cyclic esters (lactones) is 1. The first-order valence-corrected chi connectivity index (χ1v) is 12.7. The lowest BCUT2D eigenvalue weighted by atomic mass is 9.84. The maximum Gasteiger partial charge on any atom is 0.411 e. The molecule has 9 heteroatoms. The Morgan fingerprint density at radius 1 is 1.26 bits per heavy atom. The fourth-order valence-electron chi connectivity index (χ4n) is 3.88. The van der Waals surface area contributed by atoms with Crippen molar-refractivity contribution in [2.24, 2.45) is 0 Å². The van der Waals surface area contributed by atoms with Crippen LogP contribution in [0.4, 0.5) is 9.18 Å². The smallest absolute Gasteiger partial charge is 0.411 e. The highest BCUT2D eigenvalue weighted by Gasteiger charge is 2.43. The number of ether oxygens (including phenoxy) is 1. The van der Waals surface area contributed by atoms with E-state index >= 15 is 0 Å². The molecule has 0 saturated carbocycles. The van der Waals surface area contributed by atoms with Gasteiger partial charge >= 0.3 is 6.09 Å². The molecular formula is C22H26BrFN2O4S. The molecule has 1 aliphatic heterocycles. The fraction of sp³-hybridized carbons (Fsp3) is 0.409. The van der Waals surface area contributed by atoms with E-state index in [0.29, 0.717) is 31.4 Å². The van der Waals surface area contributed by atoms with Crippen molar-refractivity contribution in [2.75, 3.05) is 19.3 Å². The third-order valence-corrected chi connectivity index (χ3v) is 6.79. The van der Waals surface area contributed by atoms with Gasteiger partial charge in [-0.15, -0.1) is 0 Å². The Kier molecular flexibility index (Phi) is 7.39. The van der Waals surface area contributed by atoms with Crippen molar-refractivity contribution >= 4 is 32.0 Å². The van der Waals surface area contributed by atoms with Gasteiger partial charge in [0.05, 0.1) is 12.3 Å². The van der Waals surface area contributed by atoms with Gasteiger partial charge in [-0.2, -0.15) is 0 Å². The summed E-state index contributed by atoms with van der Waals surface area (Å²) in [5, 5.41) is 0. The number of nitrogens with zero attached hydrogens (tertiary/aromatic N) is 1. The van der Waals surface area contributed by atoms with Crippen LogP contribution in [0, 0.1) is 5.82 Å². The Balaban J connectivity index is 1.79. The highest BCUT2D eigenvalue weighted by Crippen LogP contribution is 2.40. The van der Waals surface area contributed by atoms with E-state index in [0.717, 1.165) is 16.3 Å². The van der Waals surface area contributed by atoms with Gasteiger partial charge in [0, 0.05) is 24.0 Å². The molecule has 2 atom stereocenters. The maximum atomic E-state index is 13.5. The summed E-state index contributed by atoms with van der Waals surface area (Å²) >= 11 is 3.46. The van der Waals surface area contributed by atoms with Gasteiger partial charge in [-0.25, -0.2) is 22.3 Å². The summed E-state index contributed by atoms with van der Waals surface area (Å²) < 4.78 is 45.6. The number of halogens is 2. The van der Waals surface area contributed by atoms with Crippen LogP contribution in [0.25, 0.3) is 0 Å². The second-order valence-electron chi connectivity index (χ2n) is 7.81. The Bertz CT molecular complexity index is 1030. The molecule has 1 aliphatic rings. The van der Waals surface area contributed by atoms with Crippen molar-refractivity contribution in [2.45, 2.75) is 37.8 Å². The predicted octanol–water partition coefficient (Wildman–Crippen LogP) is 4.72. The average molecular weight is 513 g/mol. The van der Waals surface area contributed by atoms with Crippen LogP contribution >= 0.6 is 15.9 Å². The lowest BCUT2D eigenvalue weighted by Crippen LogP contribution is -2.49. The summed E-state index contributed by atoms with van der Waals surface area (Å²) in [6, 6.07) is 13.5. The summed E-state index contributed by atoms with van der Waals surface area (Å²) in [6.45, 7) is 2.64. The highest BCUT2D eigenvalue weighted by atomic mass is 79.9. The van der Waals surface area contributed by atoms with Gasteiger partial charge in [0.15, 0.2) is 0 Å². The number of carbonyl (C=O) groups excluding carboxylic acids is 1. The van der Waals surface area contributed by atoms with Crippen LogP contribution in [-0.4, -0.2) is 38.8 Å². The van der Waals surface area contributed by atoms with Crippen molar-refractivity contribution in [3.63, 3.8) is 0 Å². The van der Waals surface area contributed by atoms with E-state index < -0.39 is 21.7 Å². The van der Waals surface area contributed by atoms with Crippen LogP contribution in [0.15, 0.2) is 53.0 Å². The van der Waals surface area contributed by atoms with Crippen LogP contribution in [-0.2, 0) is 20.4 Å². The quantitative estimate of drug-likeness (QED) is 0.519. The van der Waals surface area contributed by atoms with Crippen LogP contribution in [0.1, 0.15) is 43.4 Å². The Labute approximate surface area is 191 Å². The van der Waals surface area contributed by atoms with Crippen molar-refractivity contribution in [1.29, 1.82) is 0 Å². The third-order valence-electron chi connectivity index (χ3n) is 5.56. The molecule has 0 spiro atoms. The van der Waals surface area contributed by atoms with E-state index in [1.807, 2.05) is 31.2 Å². The molecule has 31 heavy (non-hydrogen) atoms. The van der Waals surface area contributed by atoms with Gasteiger partial charge in [0.25, 0.3) is 0 Å². The lowest BCUT2D eigenvalue weighted by Gasteiger charge is -2.43. The molecule has 1 heterocycles. The normalized spacial score (nSPS) is 20.4. The standard InChI is InChI=1S/C22H26BrFN2O4S/c1-16(17-5-3-6-19(23)15-17)26-14-12-22(30-21(26)27,11-4-13-25-31(2,28)29)18-7-9-20(24)10-8-18/h3,5-10,15-16,25H,4,11-14H2,1-2H3/t16-,22+/m0/s1. The summed E-state index contributed by atoms with van der Waals surface area (Å²) in [4.78, 5) is 14.7. The second kappa shape index (κ2) is 9.67. The summed E-state index contributed by atoms with van der Waals surface area (Å²) in [7, 11) is -3.30. The van der Waals surface area contributed by atoms with Gasteiger partial charge in [-0.3, -0.25) is 0 Å². The minimum atomic E-state index is -3.30. The minimum absolute atomic E-state index is 0.178. The van der Waals surface area contributed by atoms with Gasteiger partial charge in [0.2, 0.25) is 10.0 Å². The van der Waals surface area contributed by atoms with E-state index in [1.54, 1.807) is 17.0 Å². The second-order valence-corrected chi connectivity index (χ2v) is 10.6. The molecule has 0 aromatic heterocycles. The van der Waals surface area contributed by atoms with Crippen LogP contribution in [0.3, 0.4) is 0 Å². The molecule has 0 bridgehead atoms. The van der Waals surface area contributed by atoms with Crippen LogP contribution in [0.5, 0.6) is 0 Å². The number of hydrogen-bond acceptors (Lipinski definition) is 4. The number of nitrogens with one attached hydrogen (secondary N) is 1. The molecule has 0 radical (unpaired) electrons. The third kappa shape index (κ3) is 6.05. The number of rotatable bonds is 8. The van der Waals surface area contributed by atoms with Gasteiger partial charge in [0.1, 0.15) is 11.4 Å². The first kappa shape index (κ1) is 23.7. The maximum absolute atomic E-state index is 13.5. The van der Waals surface area contributed by atoms with E-state index in [9.17, 15) is 17.6 Å². The van der Waals surface area contributed by atoms with Crippen molar-refractivity contribution in [1.82, 2.24) is 9.62 Å². The Morgan fingerprint density at radius 2 is 1.97 bits per heavy atom. The predicted molar refractivity (Wildman–Crippen MR) is 121 cm³/mol. The molecule has 1 fully saturated rings. The minimum Gasteiger partial charge on any atom is -0.438 e. The van der Waals surface area contributed by atoms with E-state index in [-0.39, 0.29) is 18.4 Å². The lowest BCUT2D eigenvalue weighted by molar-refractivity contribution is -0.0662. The Morgan fingerprint density at radius 3 is 2.58 bits per heavy atom. The molecule has 0 unspecified atom stereocenters. The molecular weight excluding hydrogens is 487 g/mol. The number of amides is 1. The van der Waals surface area contributed by atoms with Crippen LogP contribution < -0.4 is 4.72 Å². The van der Waals surface area contributed by atoms with Gasteiger partial charge < -0.3 is 9.64 Å². The van der Waals surface area contributed by atoms with Crippen molar-refractivity contribution in [3.8, 4) is 0 Å². The SMILES string of the molecule is C[C@@H](c1cccc(Br)c1)N1CC[C@](CCCNS(C)(=O)=O)(c2ccc(F)cc2)OC1=O. The van der Waals surface area contributed by atoms with E-state index in [2.05, 4.69) is 20.7 Å². The van der Waals surface area contributed by atoms with Gasteiger partial charge in [-0.1, -0.05) is 40.2 Å². The van der Waals surface area contributed by atoms with Crippen molar-refractivity contribution < 1.29 is 22.3 Å². The molecule has 3 rings (SSSR count). The summed E-state index contributed by atoms with van der Waals surface area (Å²) in [5.74, 6) is -0.371. The zero-order valence-corrected chi connectivity index (χ0v) is 19.9. The molecule has 0 aliphatic carbocycles. The topological polar surface area (TPSA) is 75.7 Å². The van der Waals surface area contributed by atoms with Gasteiger partial charge in [-0.05, 0) is 55.2 Å². The first-order chi connectivity index (χ1) is 14.6. The zero-order chi connectivity index (χ0) is 22.6.